The molecule has 0 aromatic heterocycles. The minimum atomic E-state index is -0.776. The van der Waals surface area contributed by atoms with Crippen molar-refractivity contribution < 1.29 is 39.5 Å². The van der Waals surface area contributed by atoms with Crippen LogP contribution in [0.4, 0.5) is 0 Å². The number of carbonyl (C=O) groups is 2. The number of aliphatic hydroxyl groups excluding tert-OH is 2. The van der Waals surface area contributed by atoms with Gasteiger partial charge in [-0.2, -0.15) is 0 Å². The number of hydrogen-bond donors (Lipinski definition) is 4. The van der Waals surface area contributed by atoms with E-state index in [1.807, 2.05) is 0 Å². The number of carbonyl (C=O) groups excluding carboxylic acids is 2. The Labute approximate surface area is 180 Å². The summed E-state index contributed by atoms with van der Waals surface area (Å²) in [5.41, 5.74) is 0.499. The van der Waals surface area contributed by atoms with Crippen molar-refractivity contribution in [2.75, 3.05) is 13.2 Å². The van der Waals surface area contributed by atoms with Gasteiger partial charge in [0.2, 0.25) is 0 Å². The zero-order valence-electron chi connectivity index (χ0n) is 18.0. The zero-order valence-corrected chi connectivity index (χ0v) is 18.0. The molecule has 2 atom stereocenters. The molecule has 8 heteroatoms. The van der Waals surface area contributed by atoms with Crippen LogP contribution in [0.1, 0.15) is 59.5 Å². The van der Waals surface area contributed by atoms with Crippen molar-refractivity contribution in [1.29, 1.82) is 0 Å². The van der Waals surface area contributed by atoms with E-state index in [0.717, 1.165) is 0 Å². The van der Waals surface area contributed by atoms with E-state index in [4.69, 9.17) is 9.47 Å². The van der Waals surface area contributed by atoms with Crippen LogP contribution in [0.15, 0.2) is 24.3 Å². The average Bonchev–Trinajstić information content (AvgIpc) is 2.67. The number of aromatic hydroxyl groups is 2. The number of aliphatic hydroxyl groups is 2. The van der Waals surface area contributed by atoms with Crippen molar-refractivity contribution in [2.45, 2.75) is 46.3 Å². The van der Waals surface area contributed by atoms with Gasteiger partial charge in [-0.3, -0.25) is 9.59 Å². The predicted molar refractivity (Wildman–Crippen MR) is 113 cm³/mol. The fourth-order valence-corrected chi connectivity index (χ4v) is 3.01. The van der Waals surface area contributed by atoms with Crippen LogP contribution in [0.5, 0.6) is 23.0 Å². The Morgan fingerprint density at radius 2 is 1.13 bits per heavy atom. The van der Waals surface area contributed by atoms with E-state index in [1.165, 1.54) is 52.0 Å². The number of phenols is 2. The molecule has 0 aliphatic heterocycles. The quantitative estimate of drug-likeness (QED) is 0.421. The molecule has 8 nitrogen and oxygen atoms in total. The van der Waals surface area contributed by atoms with Gasteiger partial charge in [-0.1, -0.05) is 0 Å². The number of ether oxygens (including phenoxy) is 2. The fourth-order valence-electron chi connectivity index (χ4n) is 3.01. The van der Waals surface area contributed by atoms with Gasteiger partial charge in [0.25, 0.3) is 0 Å². The van der Waals surface area contributed by atoms with Crippen LogP contribution in [-0.2, 0) is 6.42 Å². The van der Waals surface area contributed by atoms with Crippen LogP contribution < -0.4 is 9.47 Å². The summed E-state index contributed by atoms with van der Waals surface area (Å²) in [4.78, 5) is 23.8. The van der Waals surface area contributed by atoms with Gasteiger partial charge in [0.15, 0.2) is 11.6 Å². The molecule has 0 aliphatic rings. The van der Waals surface area contributed by atoms with Crippen LogP contribution in [0.3, 0.4) is 0 Å². The molecule has 31 heavy (non-hydrogen) atoms. The molecule has 2 unspecified atom stereocenters. The van der Waals surface area contributed by atoms with Crippen molar-refractivity contribution in [3.63, 3.8) is 0 Å². The average molecular weight is 432 g/mol. The third-order valence-corrected chi connectivity index (χ3v) is 4.55. The summed E-state index contributed by atoms with van der Waals surface area (Å²) in [6, 6.07) is 5.82. The van der Waals surface area contributed by atoms with Crippen molar-refractivity contribution >= 4 is 11.6 Å². The number of hydrogen-bond acceptors (Lipinski definition) is 8. The Bertz CT molecular complexity index is 885. The highest BCUT2D eigenvalue weighted by Crippen LogP contribution is 2.40. The number of Topliss-reactive ketones (excluding diaryl/α,β-unsaturated/α-hetero) is 2. The largest absolute Gasteiger partial charge is 0.507 e. The summed E-state index contributed by atoms with van der Waals surface area (Å²) in [5.74, 6) is -0.981. The lowest BCUT2D eigenvalue weighted by Gasteiger charge is -2.19. The second-order valence-corrected chi connectivity index (χ2v) is 7.49. The molecular weight excluding hydrogens is 404 g/mol. The highest BCUT2D eigenvalue weighted by Gasteiger charge is 2.23. The highest BCUT2D eigenvalue weighted by atomic mass is 16.5. The first kappa shape index (κ1) is 24.2. The summed E-state index contributed by atoms with van der Waals surface area (Å²) in [5, 5.41) is 40.6. The molecule has 2 aromatic rings. The van der Waals surface area contributed by atoms with Crippen molar-refractivity contribution in [3.05, 3.63) is 46.5 Å². The van der Waals surface area contributed by atoms with E-state index in [0.29, 0.717) is 0 Å². The first-order chi connectivity index (χ1) is 14.5. The van der Waals surface area contributed by atoms with Crippen molar-refractivity contribution in [1.82, 2.24) is 0 Å². The Hall–Kier alpha value is -3.10. The van der Waals surface area contributed by atoms with Gasteiger partial charge >= 0.3 is 0 Å². The third-order valence-electron chi connectivity index (χ3n) is 4.55. The smallest absolute Gasteiger partial charge is 0.163 e. The highest BCUT2D eigenvalue weighted by molar-refractivity contribution is 5.98. The zero-order chi connectivity index (χ0) is 23.3. The molecule has 0 amide bonds. The standard InChI is InChI=1S/C23H28O8/c1-12(24)10-30-20-7-5-16(14(3)26)22(28)18(20)9-19-21(31-11-13(2)25)8-6-17(15(4)27)23(19)29/h5-8,12-13,24-25,28-29H,9-11H2,1-4H3. The topological polar surface area (TPSA) is 134 Å². The second-order valence-electron chi connectivity index (χ2n) is 7.49. The molecule has 2 aromatic carbocycles. The molecule has 0 bridgehead atoms. The van der Waals surface area contributed by atoms with Crippen molar-refractivity contribution in [3.8, 4) is 23.0 Å². The molecule has 0 saturated heterocycles. The number of rotatable bonds is 10. The molecule has 0 fully saturated rings. The van der Waals surface area contributed by atoms with Crippen LogP contribution in [0.25, 0.3) is 0 Å². The Morgan fingerprint density at radius 1 is 0.774 bits per heavy atom. The van der Waals surface area contributed by atoms with Crippen LogP contribution in [0, 0.1) is 0 Å². The number of phenolic OH excluding ortho intramolecular Hbond substituents is 2. The molecule has 0 aliphatic carbocycles. The van der Waals surface area contributed by atoms with E-state index in [1.54, 1.807) is 0 Å². The Kier molecular flexibility index (Phi) is 8.01. The van der Waals surface area contributed by atoms with Gasteiger partial charge in [0.1, 0.15) is 36.2 Å². The Morgan fingerprint density at radius 3 is 1.42 bits per heavy atom. The van der Waals surface area contributed by atoms with Crippen LogP contribution in [-0.4, -0.2) is 57.4 Å². The third kappa shape index (κ3) is 5.96. The SMILES string of the molecule is CC(=O)c1ccc(OCC(C)O)c(Cc2c(OCC(C)O)ccc(C(C)=O)c2O)c1O. The molecule has 0 radical (unpaired) electrons. The molecule has 168 valence electrons. The molecule has 0 heterocycles. The van der Waals surface area contributed by atoms with Crippen LogP contribution >= 0.6 is 0 Å². The minimum absolute atomic E-state index is 0.0588. The molecular formula is C23H28O8. The van der Waals surface area contributed by atoms with E-state index >= 15 is 0 Å². The normalized spacial score (nSPS) is 12.8. The molecule has 0 saturated carbocycles. The summed E-state index contributed by atoms with van der Waals surface area (Å²) < 4.78 is 11.2. The monoisotopic (exact) mass is 432 g/mol. The van der Waals surface area contributed by atoms with Gasteiger partial charge in [0, 0.05) is 17.5 Å². The fraction of sp³-hybridized carbons (Fsp3) is 0.391. The van der Waals surface area contributed by atoms with Gasteiger partial charge in [0.05, 0.1) is 23.3 Å². The minimum Gasteiger partial charge on any atom is -0.507 e. The maximum absolute atomic E-state index is 11.9. The van der Waals surface area contributed by atoms with Gasteiger partial charge in [-0.25, -0.2) is 0 Å². The first-order valence-electron chi connectivity index (χ1n) is 9.86. The lowest BCUT2D eigenvalue weighted by atomic mass is 9.95. The van der Waals surface area contributed by atoms with Crippen LogP contribution in [0.2, 0.25) is 0 Å². The maximum atomic E-state index is 11.9. The number of ketones is 2. The van der Waals surface area contributed by atoms with E-state index in [9.17, 15) is 30.0 Å². The predicted octanol–water partition coefficient (Wildman–Crippen LogP) is 2.61. The van der Waals surface area contributed by atoms with Crippen molar-refractivity contribution in [2.24, 2.45) is 0 Å². The maximum Gasteiger partial charge on any atom is 0.163 e. The molecule has 0 spiro atoms. The molecule has 2 rings (SSSR count). The van der Waals surface area contributed by atoms with E-state index in [-0.39, 0.29) is 76.5 Å². The summed E-state index contributed by atoms with van der Waals surface area (Å²) in [6.45, 7) is 5.56. The summed E-state index contributed by atoms with van der Waals surface area (Å²) >= 11 is 0. The second kappa shape index (κ2) is 10.3. The van der Waals surface area contributed by atoms with E-state index in [2.05, 4.69) is 0 Å². The summed E-state index contributed by atoms with van der Waals surface area (Å²) in [6.07, 6.45) is -1.69. The van der Waals surface area contributed by atoms with Gasteiger partial charge in [-0.15, -0.1) is 0 Å². The Balaban J connectivity index is 2.63. The number of benzene rings is 2. The van der Waals surface area contributed by atoms with E-state index < -0.39 is 12.2 Å². The molecule has 4 N–H and O–H groups in total. The first-order valence-corrected chi connectivity index (χ1v) is 9.86. The summed E-state index contributed by atoms with van der Waals surface area (Å²) in [7, 11) is 0. The van der Waals surface area contributed by atoms with Gasteiger partial charge in [-0.05, 0) is 52.0 Å². The lowest BCUT2D eigenvalue weighted by Crippen LogP contribution is -2.15. The van der Waals surface area contributed by atoms with Gasteiger partial charge < -0.3 is 29.9 Å². The lowest BCUT2D eigenvalue weighted by molar-refractivity contribution is 0.100.